The second-order valence-corrected chi connectivity index (χ2v) is 5.05. The summed E-state index contributed by atoms with van der Waals surface area (Å²) in [5.74, 6) is -1.08. The van der Waals surface area contributed by atoms with Gasteiger partial charge in [0.05, 0.1) is 17.9 Å². The Labute approximate surface area is 127 Å². The van der Waals surface area contributed by atoms with Crippen LogP contribution >= 0.6 is 0 Å². The summed E-state index contributed by atoms with van der Waals surface area (Å²) in [5, 5.41) is 16.2. The van der Waals surface area contributed by atoms with Crippen molar-refractivity contribution in [3.05, 3.63) is 47.3 Å². The summed E-state index contributed by atoms with van der Waals surface area (Å²) in [5.41, 5.74) is 2.28. The lowest BCUT2D eigenvalue weighted by atomic mass is 10.1. The number of carboxylic acids is 1. The Hall–Kier alpha value is -2.83. The van der Waals surface area contributed by atoms with Gasteiger partial charge in [-0.3, -0.25) is 0 Å². The number of nitrogens with zero attached hydrogens (tertiary/aromatic N) is 3. The first-order valence-electron chi connectivity index (χ1n) is 6.98. The van der Waals surface area contributed by atoms with E-state index in [1.54, 1.807) is 16.6 Å². The van der Waals surface area contributed by atoms with Gasteiger partial charge in [-0.05, 0) is 12.1 Å². The number of fused-ring (bicyclic) bond motifs is 1. The number of nitrogens with one attached hydrogen (secondary N) is 1. The molecule has 1 aromatic heterocycles. The smallest absolute Gasteiger partial charge is 0.356 e. The first kappa shape index (κ1) is 14.1. The average Bonchev–Trinajstić information content (AvgIpc) is 2.94. The van der Waals surface area contributed by atoms with Crippen molar-refractivity contribution in [2.24, 2.45) is 0 Å². The lowest BCUT2D eigenvalue weighted by Gasteiger charge is -2.27. The van der Waals surface area contributed by atoms with Gasteiger partial charge in [0, 0.05) is 25.6 Å². The topological polar surface area (TPSA) is 87.5 Å². The molecule has 2 amide bonds. The van der Waals surface area contributed by atoms with E-state index in [0.717, 1.165) is 11.4 Å². The van der Waals surface area contributed by atoms with Crippen molar-refractivity contribution in [3.8, 4) is 5.69 Å². The second-order valence-electron chi connectivity index (χ2n) is 5.05. The minimum atomic E-state index is -1.08. The van der Waals surface area contributed by atoms with Crippen LogP contribution in [0.25, 0.3) is 5.69 Å². The van der Waals surface area contributed by atoms with E-state index >= 15 is 0 Å². The maximum absolute atomic E-state index is 11.8. The monoisotopic (exact) mass is 300 g/mol. The summed E-state index contributed by atoms with van der Waals surface area (Å²) in [6, 6.07) is 9.20. The van der Waals surface area contributed by atoms with Crippen LogP contribution in [0.3, 0.4) is 0 Å². The third-order valence-electron chi connectivity index (χ3n) is 3.76. The van der Waals surface area contributed by atoms with Crippen molar-refractivity contribution in [3.63, 3.8) is 0 Å². The normalized spacial score (nSPS) is 13.6. The van der Waals surface area contributed by atoms with Crippen LogP contribution in [-0.4, -0.2) is 45.4 Å². The number of urea groups is 1. The number of rotatable bonds is 2. The Bertz CT molecular complexity index is 724. The number of hydrogen-bond acceptors (Lipinski definition) is 3. The fraction of sp³-hybridized carbons (Fsp3) is 0.267. The van der Waals surface area contributed by atoms with E-state index in [9.17, 15) is 14.7 Å². The summed E-state index contributed by atoms with van der Waals surface area (Å²) in [6.45, 7) is 0.785. The second kappa shape index (κ2) is 5.51. The summed E-state index contributed by atoms with van der Waals surface area (Å²) in [6.07, 6.45) is 0.567. The summed E-state index contributed by atoms with van der Waals surface area (Å²) in [4.78, 5) is 24.8. The largest absolute Gasteiger partial charge is 0.476 e. The number of carboxylic acid groups (broad SMARTS) is 1. The highest BCUT2D eigenvalue weighted by molar-refractivity contribution is 5.88. The Kier molecular flexibility index (Phi) is 3.54. The minimum absolute atomic E-state index is 0.00690. The first-order valence-corrected chi connectivity index (χ1v) is 6.98. The molecular weight excluding hydrogens is 284 g/mol. The van der Waals surface area contributed by atoms with Gasteiger partial charge in [-0.15, -0.1) is 0 Å². The van der Waals surface area contributed by atoms with E-state index in [2.05, 4.69) is 10.4 Å². The van der Waals surface area contributed by atoms with Gasteiger partial charge < -0.3 is 15.3 Å². The molecule has 1 aliphatic rings. The molecule has 22 heavy (non-hydrogen) atoms. The number of carbonyl (C=O) groups excluding carboxylic acids is 1. The predicted molar refractivity (Wildman–Crippen MR) is 79.1 cm³/mol. The maximum atomic E-state index is 11.8. The number of para-hydroxylation sites is 1. The molecule has 1 aliphatic heterocycles. The molecule has 7 heteroatoms. The number of aromatic nitrogens is 2. The molecule has 0 radical (unpaired) electrons. The van der Waals surface area contributed by atoms with Crippen molar-refractivity contribution < 1.29 is 14.7 Å². The molecule has 0 saturated heterocycles. The summed E-state index contributed by atoms with van der Waals surface area (Å²) in [7, 11) is 1.56. The zero-order valence-corrected chi connectivity index (χ0v) is 12.1. The first-order chi connectivity index (χ1) is 10.6. The molecule has 2 aromatic rings. The molecule has 0 unspecified atom stereocenters. The van der Waals surface area contributed by atoms with Gasteiger partial charge >= 0.3 is 12.0 Å². The molecule has 2 heterocycles. The van der Waals surface area contributed by atoms with Crippen LogP contribution in [0.5, 0.6) is 0 Å². The van der Waals surface area contributed by atoms with Gasteiger partial charge in [0.15, 0.2) is 5.69 Å². The molecule has 0 bridgehead atoms. The number of amides is 2. The third kappa shape index (κ3) is 2.30. The molecule has 3 rings (SSSR count). The number of aromatic carboxylic acids is 1. The van der Waals surface area contributed by atoms with E-state index in [-0.39, 0.29) is 18.3 Å². The zero-order chi connectivity index (χ0) is 15.7. The van der Waals surface area contributed by atoms with Gasteiger partial charge in [-0.1, -0.05) is 18.2 Å². The van der Waals surface area contributed by atoms with Gasteiger partial charge in [0.2, 0.25) is 0 Å². The van der Waals surface area contributed by atoms with E-state index < -0.39 is 5.97 Å². The molecule has 0 spiro atoms. The van der Waals surface area contributed by atoms with Crippen molar-refractivity contribution in [2.45, 2.75) is 13.0 Å². The third-order valence-corrected chi connectivity index (χ3v) is 3.76. The van der Waals surface area contributed by atoms with Crippen LogP contribution < -0.4 is 5.32 Å². The van der Waals surface area contributed by atoms with Gasteiger partial charge in [-0.2, -0.15) is 5.10 Å². The van der Waals surface area contributed by atoms with Crippen molar-refractivity contribution in [1.29, 1.82) is 0 Å². The van der Waals surface area contributed by atoms with Crippen molar-refractivity contribution >= 4 is 12.0 Å². The molecule has 2 N–H and O–H groups in total. The highest BCUT2D eigenvalue weighted by atomic mass is 16.4. The highest BCUT2D eigenvalue weighted by Crippen LogP contribution is 2.25. The molecule has 7 nitrogen and oxygen atoms in total. The highest BCUT2D eigenvalue weighted by Gasteiger charge is 2.30. The Morgan fingerprint density at radius 1 is 1.27 bits per heavy atom. The lowest BCUT2D eigenvalue weighted by molar-refractivity contribution is 0.0687. The summed E-state index contributed by atoms with van der Waals surface area (Å²) < 4.78 is 1.67. The van der Waals surface area contributed by atoms with Crippen LogP contribution in [0.4, 0.5) is 4.79 Å². The van der Waals surface area contributed by atoms with Crippen molar-refractivity contribution in [2.75, 3.05) is 13.6 Å². The van der Waals surface area contributed by atoms with E-state index in [1.165, 1.54) is 0 Å². The lowest BCUT2D eigenvalue weighted by Crippen LogP contribution is -2.41. The van der Waals surface area contributed by atoms with Crippen molar-refractivity contribution in [1.82, 2.24) is 20.0 Å². The predicted octanol–water partition coefficient (Wildman–Crippen LogP) is 1.27. The number of benzene rings is 1. The van der Waals surface area contributed by atoms with Crippen LogP contribution in [0.1, 0.15) is 21.7 Å². The maximum Gasteiger partial charge on any atom is 0.356 e. The average molecular weight is 300 g/mol. The minimum Gasteiger partial charge on any atom is -0.476 e. The molecule has 0 atom stereocenters. The van der Waals surface area contributed by atoms with Crippen LogP contribution in [0, 0.1) is 0 Å². The van der Waals surface area contributed by atoms with Gasteiger partial charge in [-0.25, -0.2) is 14.3 Å². The Morgan fingerprint density at radius 2 is 2.00 bits per heavy atom. The van der Waals surface area contributed by atoms with Crippen LogP contribution in [0.15, 0.2) is 30.3 Å². The fourth-order valence-corrected chi connectivity index (χ4v) is 2.71. The Morgan fingerprint density at radius 3 is 2.64 bits per heavy atom. The standard InChI is InChI=1S/C15H16N4O3/c1-16-15(22)18-8-7-12-11(9-18)13(14(20)21)17-19(12)10-5-3-2-4-6-10/h2-6H,7-9H2,1H3,(H,16,22)(H,20,21). The Balaban J connectivity index is 2.07. The van der Waals surface area contributed by atoms with E-state index in [1.807, 2.05) is 30.3 Å². The molecule has 1 aromatic carbocycles. The fourth-order valence-electron chi connectivity index (χ4n) is 2.71. The van der Waals surface area contributed by atoms with E-state index in [0.29, 0.717) is 18.5 Å². The summed E-state index contributed by atoms with van der Waals surface area (Å²) >= 11 is 0. The molecule has 0 aliphatic carbocycles. The molecule has 0 saturated carbocycles. The van der Waals surface area contributed by atoms with Gasteiger partial charge in [0.1, 0.15) is 0 Å². The molecule has 114 valence electrons. The van der Waals surface area contributed by atoms with Crippen LogP contribution in [-0.2, 0) is 13.0 Å². The quantitative estimate of drug-likeness (QED) is 0.874. The zero-order valence-electron chi connectivity index (χ0n) is 12.1. The van der Waals surface area contributed by atoms with Gasteiger partial charge in [0.25, 0.3) is 0 Å². The van der Waals surface area contributed by atoms with E-state index in [4.69, 9.17) is 0 Å². The number of hydrogen-bond donors (Lipinski definition) is 2. The SMILES string of the molecule is CNC(=O)N1CCc2c(c(C(=O)O)nn2-c2ccccc2)C1. The van der Waals surface area contributed by atoms with Crippen LogP contribution in [0.2, 0.25) is 0 Å². The number of carbonyl (C=O) groups is 2. The molecule has 0 fully saturated rings. The molecular formula is C15H16N4O3.